The normalized spacial score (nSPS) is 17.7. The van der Waals surface area contributed by atoms with Gasteiger partial charge in [-0.05, 0) is 18.9 Å². The Hall–Kier alpha value is -2.30. The van der Waals surface area contributed by atoms with Gasteiger partial charge in [-0.2, -0.15) is 0 Å². The summed E-state index contributed by atoms with van der Waals surface area (Å²) in [7, 11) is 1.37. The SMILES string of the molecule is COC(=O)N1CC[C@@H](NC(=O)C/C=C/c2ccc(C)cc2)C1. The molecule has 1 atom stereocenters. The van der Waals surface area contributed by atoms with Crippen molar-refractivity contribution in [2.45, 2.75) is 25.8 Å². The standard InChI is InChI=1S/C17H22N2O3/c1-13-6-8-14(9-7-13)4-3-5-16(20)18-15-10-11-19(12-15)17(21)22-2/h3-4,6-9,15H,5,10-12H2,1-2H3,(H,18,20)/b4-3+/t15-/m1/s1. The van der Waals surface area contributed by atoms with Gasteiger partial charge in [0.15, 0.2) is 0 Å². The van der Waals surface area contributed by atoms with E-state index in [1.54, 1.807) is 4.90 Å². The number of benzene rings is 1. The first-order chi connectivity index (χ1) is 10.6. The molecule has 1 N–H and O–H groups in total. The van der Waals surface area contributed by atoms with Crippen LogP contribution in [0, 0.1) is 6.92 Å². The minimum atomic E-state index is -0.337. The smallest absolute Gasteiger partial charge is 0.409 e. The molecule has 22 heavy (non-hydrogen) atoms. The first kappa shape index (κ1) is 16.1. The van der Waals surface area contributed by atoms with Crippen molar-refractivity contribution in [3.8, 4) is 0 Å². The Morgan fingerprint density at radius 3 is 2.77 bits per heavy atom. The monoisotopic (exact) mass is 302 g/mol. The van der Waals surface area contributed by atoms with Crippen LogP contribution >= 0.6 is 0 Å². The molecule has 2 amide bonds. The van der Waals surface area contributed by atoms with E-state index in [0.29, 0.717) is 19.5 Å². The molecule has 1 aromatic rings. The van der Waals surface area contributed by atoms with E-state index in [9.17, 15) is 9.59 Å². The number of likely N-dealkylation sites (tertiary alicyclic amines) is 1. The fourth-order valence-electron chi connectivity index (χ4n) is 2.44. The number of ether oxygens (including phenoxy) is 1. The summed E-state index contributed by atoms with van der Waals surface area (Å²) in [6, 6.07) is 8.14. The molecule has 0 saturated carbocycles. The molecule has 1 fully saturated rings. The maximum atomic E-state index is 11.9. The van der Waals surface area contributed by atoms with E-state index < -0.39 is 0 Å². The van der Waals surface area contributed by atoms with E-state index in [1.807, 2.05) is 43.3 Å². The van der Waals surface area contributed by atoms with Crippen molar-refractivity contribution in [3.05, 3.63) is 41.5 Å². The molecule has 0 unspecified atom stereocenters. The number of hydrogen-bond acceptors (Lipinski definition) is 3. The van der Waals surface area contributed by atoms with Crippen molar-refractivity contribution in [2.75, 3.05) is 20.2 Å². The Kier molecular flexibility index (Phi) is 5.58. The third-order valence-corrected chi connectivity index (χ3v) is 3.68. The molecule has 5 nitrogen and oxygen atoms in total. The third-order valence-electron chi connectivity index (χ3n) is 3.68. The van der Waals surface area contributed by atoms with E-state index in [1.165, 1.54) is 12.7 Å². The topological polar surface area (TPSA) is 58.6 Å². The molecule has 5 heteroatoms. The number of methoxy groups -OCH3 is 1. The molecule has 0 aliphatic carbocycles. The summed E-state index contributed by atoms with van der Waals surface area (Å²) in [5, 5.41) is 2.94. The number of aryl methyl sites for hydroxylation is 1. The molecule has 118 valence electrons. The van der Waals surface area contributed by atoms with Gasteiger partial charge in [-0.15, -0.1) is 0 Å². The average Bonchev–Trinajstić information content (AvgIpc) is 2.97. The van der Waals surface area contributed by atoms with Gasteiger partial charge in [-0.3, -0.25) is 4.79 Å². The molecule has 1 aliphatic heterocycles. The fourth-order valence-corrected chi connectivity index (χ4v) is 2.44. The molecule has 1 aliphatic rings. The highest BCUT2D eigenvalue weighted by molar-refractivity contribution is 5.79. The van der Waals surface area contributed by atoms with Gasteiger partial charge in [0.1, 0.15) is 0 Å². The molecule has 1 saturated heterocycles. The van der Waals surface area contributed by atoms with E-state index >= 15 is 0 Å². The van der Waals surface area contributed by atoms with E-state index in [4.69, 9.17) is 0 Å². The lowest BCUT2D eigenvalue weighted by Crippen LogP contribution is -2.38. The Labute approximate surface area is 130 Å². The molecule has 0 bridgehead atoms. The van der Waals surface area contributed by atoms with Crippen LogP contribution in [0.4, 0.5) is 4.79 Å². The first-order valence-electron chi connectivity index (χ1n) is 7.44. The van der Waals surface area contributed by atoms with E-state index in [-0.39, 0.29) is 18.0 Å². The van der Waals surface area contributed by atoms with Gasteiger partial charge >= 0.3 is 6.09 Å². The van der Waals surface area contributed by atoms with Gasteiger partial charge in [0.05, 0.1) is 7.11 Å². The first-order valence-corrected chi connectivity index (χ1v) is 7.44. The second kappa shape index (κ2) is 7.64. The van der Waals surface area contributed by atoms with Gasteiger partial charge in [-0.25, -0.2) is 4.79 Å². The lowest BCUT2D eigenvalue weighted by molar-refractivity contribution is -0.120. The predicted octanol–water partition coefficient (Wildman–Crippen LogP) is 2.36. The van der Waals surface area contributed by atoms with E-state index in [2.05, 4.69) is 10.1 Å². The molecule has 0 aromatic heterocycles. The highest BCUT2D eigenvalue weighted by Gasteiger charge is 2.27. The van der Waals surface area contributed by atoms with Crippen molar-refractivity contribution < 1.29 is 14.3 Å². The number of nitrogens with zero attached hydrogens (tertiary/aromatic N) is 1. The maximum absolute atomic E-state index is 11.9. The van der Waals surface area contributed by atoms with Crippen molar-refractivity contribution in [2.24, 2.45) is 0 Å². The molecule has 0 spiro atoms. The van der Waals surface area contributed by atoms with Crippen molar-refractivity contribution >= 4 is 18.1 Å². The van der Waals surface area contributed by atoms with Crippen LogP contribution in [0.2, 0.25) is 0 Å². The third kappa shape index (κ3) is 4.62. The number of amides is 2. The zero-order valence-corrected chi connectivity index (χ0v) is 13.0. The van der Waals surface area contributed by atoms with Gasteiger partial charge in [0.25, 0.3) is 0 Å². The fraction of sp³-hybridized carbons (Fsp3) is 0.412. The highest BCUT2D eigenvalue weighted by atomic mass is 16.5. The van der Waals surface area contributed by atoms with Gasteiger partial charge < -0.3 is 15.0 Å². The van der Waals surface area contributed by atoms with Crippen molar-refractivity contribution in [1.29, 1.82) is 0 Å². The van der Waals surface area contributed by atoms with Crippen LogP contribution in [0.3, 0.4) is 0 Å². The molecule has 2 rings (SSSR count). The number of nitrogens with one attached hydrogen (secondary N) is 1. The van der Waals surface area contributed by atoms with Crippen LogP contribution in [-0.4, -0.2) is 43.1 Å². The molecule has 1 aromatic carbocycles. The molecular weight excluding hydrogens is 280 g/mol. The number of carbonyl (C=O) groups excluding carboxylic acids is 2. The van der Waals surface area contributed by atoms with Crippen molar-refractivity contribution in [1.82, 2.24) is 10.2 Å². The molecule has 1 heterocycles. The van der Waals surface area contributed by atoms with Crippen molar-refractivity contribution in [3.63, 3.8) is 0 Å². The zero-order valence-electron chi connectivity index (χ0n) is 13.0. The summed E-state index contributed by atoms with van der Waals surface area (Å²) in [5.74, 6) is -0.0277. The van der Waals surface area contributed by atoms with Crippen LogP contribution in [0.25, 0.3) is 6.08 Å². The Morgan fingerprint density at radius 1 is 1.36 bits per heavy atom. The van der Waals surface area contributed by atoms with Gasteiger partial charge in [0, 0.05) is 25.6 Å². The Balaban J connectivity index is 1.74. The van der Waals surface area contributed by atoms with Gasteiger partial charge in [0.2, 0.25) is 5.91 Å². The lowest BCUT2D eigenvalue weighted by atomic mass is 10.1. The molecule has 0 radical (unpaired) electrons. The molecular formula is C17H22N2O3. The highest BCUT2D eigenvalue weighted by Crippen LogP contribution is 2.10. The minimum Gasteiger partial charge on any atom is -0.453 e. The maximum Gasteiger partial charge on any atom is 0.409 e. The van der Waals surface area contributed by atoms with Gasteiger partial charge in [-0.1, -0.05) is 42.0 Å². The Morgan fingerprint density at radius 2 is 2.09 bits per heavy atom. The summed E-state index contributed by atoms with van der Waals surface area (Å²) in [6.07, 6.45) is 4.56. The number of hydrogen-bond donors (Lipinski definition) is 1. The predicted molar refractivity (Wildman–Crippen MR) is 85.4 cm³/mol. The Bertz CT molecular complexity index is 552. The van der Waals surface area contributed by atoms with Crippen LogP contribution in [0.5, 0.6) is 0 Å². The quantitative estimate of drug-likeness (QED) is 0.929. The summed E-state index contributed by atoms with van der Waals surface area (Å²) in [4.78, 5) is 24.9. The van der Waals surface area contributed by atoms with Crippen LogP contribution in [0.1, 0.15) is 24.0 Å². The second-order valence-corrected chi connectivity index (χ2v) is 5.49. The van der Waals surface area contributed by atoms with E-state index in [0.717, 1.165) is 12.0 Å². The summed E-state index contributed by atoms with van der Waals surface area (Å²) in [5.41, 5.74) is 2.29. The minimum absolute atomic E-state index is 0.0133. The second-order valence-electron chi connectivity index (χ2n) is 5.49. The van der Waals surface area contributed by atoms with Crippen LogP contribution in [-0.2, 0) is 9.53 Å². The zero-order chi connectivity index (χ0) is 15.9. The summed E-state index contributed by atoms with van der Waals surface area (Å²) in [6.45, 7) is 3.18. The average molecular weight is 302 g/mol. The summed E-state index contributed by atoms with van der Waals surface area (Å²) >= 11 is 0. The lowest BCUT2D eigenvalue weighted by Gasteiger charge is -2.15. The summed E-state index contributed by atoms with van der Waals surface area (Å²) < 4.78 is 4.67. The largest absolute Gasteiger partial charge is 0.453 e. The number of carbonyl (C=O) groups is 2. The van der Waals surface area contributed by atoms with Crippen LogP contribution in [0.15, 0.2) is 30.3 Å². The van der Waals surface area contributed by atoms with Crippen LogP contribution < -0.4 is 5.32 Å². The number of rotatable bonds is 4.